The lowest BCUT2D eigenvalue weighted by Crippen LogP contribution is -2.45. The first kappa shape index (κ1) is 38.4. The van der Waals surface area contributed by atoms with Gasteiger partial charge < -0.3 is 47.8 Å². The van der Waals surface area contributed by atoms with Crippen molar-refractivity contribution in [2.45, 2.75) is 101 Å². The van der Waals surface area contributed by atoms with Gasteiger partial charge in [0, 0.05) is 30.2 Å². The van der Waals surface area contributed by atoms with Crippen LogP contribution in [0.5, 0.6) is 0 Å². The molecule has 0 heterocycles. The zero-order valence-electron chi connectivity index (χ0n) is 29.6. The number of rotatable bonds is 6. The second-order valence-corrected chi connectivity index (χ2v) is 19.2. The number of nitrogens with two attached hydrogens (primary N) is 4. The number of nitrogen functional groups attached to an aromatic ring is 3. The van der Waals surface area contributed by atoms with E-state index in [-0.39, 0.29) is 6.54 Å². The van der Waals surface area contributed by atoms with Crippen LogP contribution in [-0.2, 0) is 40.6 Å². The van der Waals surface area contributed by atoms with Crippen LogP contribution >= 0.6 is 0 Å². The molecule has 0 saturated heterocycles. The summed E-state index contributed by atoms with van der Waals surface area (Å²) in [5.74, 6) is 0. The van der Waals surface area contributed by atoms with E-state index in [4.69, 9.17) is 33.9 Å². The molecule has 0 amide bonds. The maximum absolute atomic E-state index is 10.6. The summed E-state index contributed by atoms with van der Waals surface area (Å²) in [6.07, 6.45) is 8.09. The highest BCUT2D eigenvalue weighted by Crippen LogP contribution is 2.42. The normalized spacial score (nSPS) is 24.0. The summed E-state index contributed by atoms with van der Waals surface area (Å²) < 4.78 is 6.23. The highest BCUT2D eigenvalue weighted by Gasteiger charge is 2.47. The summed E-state index contributed by atoms with van der Waals surface area (Å²) >= 11 is 0. The van der Waals surface area contributed by atoms with E-state index >= 15 is 0 Å². The molecule has 0 spiro atoms. The molecule has 12 heteroatoms. The predicted molar refractivity (Wildman–Crippen MR) is 203 cm³/mol. The zero-order chi connectivity index (χ0) is 36.0. The molecule has 3 aromatic rings. The van der Waals surface area contributed by atoms with Gasteiger partial charge in [-0.25, -0.2) is 6.57 Å². The van der Waals surface area contributed by atoms with Crippen LogP contribution in [0.15, 0.2) is 54.6 Å². The first-order valence-corrected chi connectivity index (χ1v) is 20.8. The zero-order valence-corrected chi connectivity index (χ0v) is 30.6. The Bertz CT molecular complexity index is 1650. The number of nitrogens with one attached hydrogen (secondary N) is 1. The van der Waals surface area contributed by atoms with E-state index in [1.165, 1.54) is 5.56 Å². The average Bonchev–Trinajstić information content (AvgIpc) is 3.03. The first-order chi connectivity index (χ1) is 23.0. The summed E-state index contributed by atoms with van der Waals surface area (Å²) in [4.78, 5) is 3.86. The predicted octanol–water partition coefficient (Wildman–Crippen LogP) is 4.77. The number of fused-ring (bicyclic) bond motifs is 3. The number of benzene rings is 3. The topological polar surface area (TPSA) is 190 Å². The molecule has 12 N–H and O–H groups in total. The van der Waals surface area contributed by atoms with Crippen molar-refractivity contribution in [3.05, 3.63) is 99.4 Å². The largest absolute Gasteiger partial charge is 0.437 e. The summed E-state index contributed by atoms with van der Waals surface area (Å²) in [5, 5.41) is 33.0. The monoisotopic (exact) mass is 686 g/mol. The second-order valence-electron chi connectivity index (χ2n) is 14.7. The molecule has 0 fully saturated rings. The molecule has 10 nitrogen and oxygen atoms in total. The van der Waals surface area contributed by atoms with E-state index in [0.717, 1.165) is 96.2 Å². The molecule has 3 atom stereocenters. The average molecular weight is 687 g/mol. The van der Waals surface area contributed by atoms with Crippen molar-refractivity contribution in [3.63, 3.8) is 0 Å². The lowest BCUT2D eigenvalue weighted by atomic mass is 9.77. The van der Waals surface area contributed by atoms with E-state index in [0.29, 0.717) is 13.0 Å². The fourth-order valence-corrected chi connectivity index (χ4v) is 8.55. The summed E-state index contributed by atoms with van der Waals surface area (Å²) in [7, 11) is -2.38. The van der Waals surface area contributed by atoms with Crippen LogP contribution < -0.4 is 28.2 Å². The van der Waals surface area contributed by atoms with Gasteiger partial charge in [0.15, 0.2) is 8.32 Å². The Labute approximate surface area is 293 Å². The molecular weight excluding hydrogens is 631 g/mol. The van der Waals surface area contributed by atoms with Gasteiger partial charge in [-0.15, -0.1) is 0 Å². The van der Waals surface area contributed by atoms with Crippen LogP contribution in [0.3, 0.4) is 0 Å². The molecule has 3 aliphatic rings. The maximum atomic E-state index is 10.6. The van der Waals surface area contributed by atoms with Gasteiger partial charge in [0.2, 0.25) is 0 Å². The molecule has 3 unspecified atom stereocenters. The SMILES string of the molecule is CB(O)NCC1(O)CCCc2cc(N)ccc21.NCC1(O)CCCc2cc(N)ccc21.[C-]#[N+]C1(O[Si](C)(C)C)CCCc2cc(N)ccc21. The molecule has 3 aliphatic carbocycles. The quantitative estimate of drug-likeness (QED) is 0.103. The van der Waals surface area contributed by atoms with Gasteiger partial charge >= 0.3 is 12.8 Å². The number of aryl methyl sites for hydroxylation is 3. The van der Waals surface area contributed by atoms with Crippen molar-refractivity contribution in [2.75, 3.05) is 30.3 Å². The lowest BCUT2D eigenvalue weighted by molar-refractivity contribution is 0.0233. The molecular formula is C37H55BN6O4Si. The molecule has 0 radical (unpaired) electrons. The summed E-state index contributed by atoms with van der Waals surface area (Å²) in [6, 6.07) is 17.1. The van der Waals surface area contributed by atoms with Gasteiger partial charge in [-0.2, -0.15) is 0 Å². The minimum atomic E-state index is -1.77. The van der Waals surface area contributed by atoms with Crippen LogP contribution in [0, 0.1) is 6.57 Å². The van der Waals surface area contributed by atoms with Crippen molar-refractivity contribution in [1.82, 2.24) is 5.23 Å². The Morgan fingerprint density at radius 1 is 0.776 bits per heavy atom. The molecule has 0 aliphatic heterocycles. The van der Waals surface area contributed by atoms with Gasteiger partial charge in [-0.3, -0.25) is 4.85 Å². The van der Waals surface area contributed by atoms with Crippen molar-refractivity contribution in [2.24, 2.45) is 5.73 Å². The van der Waals surface area contributed by atoms with E-state index < -0.39 is 32.3 Å². The van der Waals surface area contributed by atoms with E-state index in [1.807, 2.05) is 54.6 Å². The van der Waals surface area contributed by atoms with Crippen molar-refractivity contribution in [1.29, 1.82) is 0 Å². The van der Waals surface area contributed by atoms with Crippen LogP contribution in [0.4, 0.5) is 17.1 Å². The Hall–Kier alpha value is -3.41. The minimum Gasteiger partial charge on any atom is -0.437 e. The number of aliphatic hydroxyl groups is 2. The van der Waals surface area contributed by atoms with Crippen molar-refractivity contribution < 1.29 is 19.7 Å². The molecule has 49 heavy (non-hydrogen) atoms. The van der Waals surface area contributed by atoms with Crippen LogP contribution in [-0.4, -0.2) is 43.7 Å². The van der Waals surface area contributed by atoms with Crippen LogP contribution in [0.25, 0.3) is 4.85 Å². The third kappa shape index (κ3) is 9.44. The first-order valence-electron chi connectivity index (χ1n) is 17.3. The Morgan fingerprint density at radius 2 is 1.20 bits per heavy atom. The molecule has 6 rings (SSSR count). The number of hydrogen-bond donors (Lipinski definition) is 8. The summed E-state index contributed by atoms with van der Waals surface area (Å²) in [5.41, 5.74) is 29.0. The third-order valence-corrected chi connectivity index (χ3v) is 10.5. The lowest BCUT2D eigenvalue weighted by Gasteiger charge is -2.35. The molecule has 0 bridgehead atoms. The van der Waals surface area contributed by atoms with Crippen LogP contribution in [0.2, 0.25) is 26.5 Å². The number of anilines is 3. The third-order valence-electron chi connectivity index (χ3n) is 9.53. The van der Waals surface area contributed by atoms with E-state index in [2.05, 4.69) is 29.7 Å². The van der Waals surface area contributed by atoms with Gasteiger partial charge in [0.1, 0.15) is 11.2 Å². The fraction of sp³-hybridized carbons (Fsp3) is 0.486. The highest BCUT2D eigenvalue weighted by molar-refractivity contribution is 6.69. The number of nitrogens with zero attached hydrogens (tertiary/aromatic N) is 1. The fourth-order valence-electron chi connectivity index (χ4n) is 7.28. The molecule has 3 aromatic carbocycles. The smallest absolute Gasteiger partial charge is 0.373 e. The maximum Gasteiger partial charge on any atom is 0.373 e. The minimum absolute atomic E-state index is 0.282. The van der Waals surface area contributed by atoms with E-state index in [1.54, 1.807) is 6.82 Å². The Morgan fingerprint density at radius 3 is 1.65 bits per heavy atom. The molecule has 264 valence electrons. The summed E-state index contributed by atoms with van der Waals surface area (Å²) in [6.45, 7) is 16.3. The van der Waals surface area contributed by atoms with Gasteiger partial charge in [0.05, 0.1) is 12.0 Å². The second kappa shape index (κ2) is 15.6. The van der Waals surface area contributed by atoms with E-state index in [9.17, 15) is 15.2 Å². The van der Waals surface area contributed by atoms with Crippen molar-refractivity contribution in [3.8, 4) is 0 Å². The standard InChI is InChI=1S/C14H20N2OSi.C12H19BN2O2.C11H16N2O/c1-16-14(17-18(2,3)4)9-5-6-11-10-12(15)7-8-13(11)14;1-13(17)15-8-12(16)6-2-3-9-7-10(14)4-5-11(9)12;12-7-11(14)5-1-2-8-6-9(13)3-4-10(8)11/h7-8,10H,5-6,9,15H2,2-4H3;4-5,7,15-17H,2-3,6,8,14H2,1H3;3-4,6,14H,1-2,5,7,12-13H2. The van der Waals surface area contributed by atoms with Gasteiger partial charge in [-0.1, -0.05) is 12.1 Å². The molecule has 0 aromatic heterocycles. The number of hydrogen-bond acceptors (Lipinski definition) is 9. The Kier molecular flexibility index (Phi) is 12.3. The van der Waals surface area contributed by atoms with Crippen LogP contribution in [0.1, 0.15) is 71.9 Å². The molecule has 0 saturated carbocycles. The highest BCUT2D eigenvalue weighted by atomic mass is 28.4. The van der Waals surface area contributed by atoms with Crippen molar-refractivity contribution >= 4 is 32.4 Å². The van der Waals surface area contributed by atoms with Gasteiger partial charge in [0.25, 0.3) is 0 Å². The Balaban J connectivity index is 0.000000167. The van der Waals surface area contributed by atoms with Gasteiger partial charge in [-0.05, 0) is 148 Å².